The Morgan fingerprint density at radius 2 is 2.15 bits per heavy atom. The summed E-state index contributed by atoms with van der Waals surface area (Å²) in [6, 6.07) is 0.106. The molecule has 0 aromatic rings. The first-order valence-corrected chi connectivity index (χ1v) is 10.1. The predicted octanol–water partition coefficient (Wildman–Crippen LogP) is 3.18. The van der Waals surface area contributed by atoms with Crippen LogP contribution in [0.5, 0.6) is 0 Å². The number of rotatable bonds is 6. The molecule has 6 nitrogen and oxygen atoms in total. The molecule has 6 heteroatoms. The lowest BCUT2D eigenvalue weighted by Crippen LogP contribution is -2.45. The molecule has 2 unspecified atom stereocenters. The first-order chi connectivity index (χ1) is 12.5. The molecule has 0 radical (unpaired) electrons. The summed E-state index contributed by atoms with van der Waals surface area (Å²) in [7, 11) is 2.11. The third-order valence-electron chi connectivity index (χ3n) is 5.60. The molecular formula is C21H37N3O3. The number of nitrogens with zero attached hydrogens (tertiary/aromatic N) is 2. The van der Waals surface area contributed by atoms with Crippen molar-refractivity contribution in [3.8, 4) is 0 Å². The van der Waals surface area contributed by atoms with Gasteiger partial charge in [0.15, 0.2) is 0 Å². The van der Waals surface area contributed by atoms with Crippen LogP contribution in [0.1, 0.15) is 60.3 Å². The zero-order valence-corrected chi connectivity index (χ0v) is 17.9. The predicted molar refractivity (Wildman–Crippen MR) is 108 cm³/mol. The van der Waals surface area contributed by atoms with Crippen molar-refractivity contribution in [3.63, 3.8) is 0 Å². The number of likely N-dealkylation sites (N-methyl/N-ethyl adjacent to an activating group) is 1. The van der Waals surface area contributed by atoms with Gasteiger partial charge in [-0.25, -0.2) is 4.79 Å². The molecule has 1 saturated heterocycles. The van der Waals surface area contributed by atoms with Gasteiger partial charge in [-0.1, -0.05) is 6.08 Å². The third-order valence-corrected chi connectivity index (χ3v) is 5.60. The smallest absolute Gasteiger partial charge is 0.410 e. The van der Waals surface area contributed by atoms with Crippen LogP contribution < -0.4 is 5.32 Å². The van der Waals surface area contributed by atoms with Crippen molar-refractivity contribution in [2.75, 3.05) is 26.7 Å². The number of carbonyl (C=O) groups is 2. The second kappa shape index (κ2) is 8.63. The first kappa shape index (κ1) is 21.7. The minimum absolute atomic E-state index is 0.106. The quantitative estimate of drug-likeness (QED) is 0.569. The Bertz CT molecular complexity index is 566. The van der Waals surface area contributed by atoms with Gasteiger partial charge in [-0.05, 0) is 78.8 Å². The van der Waals surface area contributed by atoms with Gasteiger partial charge < -0.3 is 19.9 Å². The molecule has 1 fully saturated rings. The number of carbonyl (C=O) groups excluding carboxylic acids is 2. The van der Waals surface area contributed by atoms with Crippen LogP contribution in [0, 0.1) is 5.92 Å². The average molecular weight is 380 g/mol. The summed E-state index contributed by atoms with van der Waals surface area (Å²) in [5, 5.41) is 3.00. The molecule has 2 atom stereocenters. The second-order valence-corrected chi connectivity index (χ2v) is 9.68. The van der Waals surface area contributed by atoms with Crippen molar-refractivity contribution in [2.45, 2.75) is 77.5 Å². The molecule has 0 aromatic carbocycles. The summed E-state index contributed by atoms with van der Waals surface area (Å²) in [5.74, 6) is 0.426. The van der Waals surface area contributed by atoms with Gasteiger partial charge in [0.2, 0.25) is 6.41 Å². The Morgan fingerprint density at radius 3 is 2.70 bits per heavy atom. The van der Waals surface area contributed by atoms with Crippen molar-refractivity contribution in [1.82, 2.24) is 15.1 Å². The zero-order chi connectivity index (χ0) is 20.2. The largest absolute Gasteiger partial charge is 0.444 e. The molecule has 2 aliphatic rings. The van der Waals surface area contributed by atoms with E-state index in [1.807, 2.05) is 25.7 Å². The van der Waals surface area contributed by atoms with E-state index in [1.165, 1.54) is 5.57 Å². The number of hydrogen-bond acceptors (Lipinski definition) is 4. The van der Waals surface area contributed by atoms with E-state index in [0.29, 0.717) is 5.92 Å². The van der Waals surface area contributed by atoms with Gasteiger partial charge >= 0.3 is 6.09 Å². The highest BCUT2D eigenvalue weighted by Gasteiger charge is 2.42. The van der Waals surface area contributed by atoms with Gasteiger partial charge in [0.05, 0.1) is 0 Å². The molecule has 2 aliphatic heterocycles. The Kier molecular flexibility index (Phi) is 6.95. The minimum Gasteiger partial charge on any atom is -0.444 e. The van der Waals surface area contributed by atoms with E-state index in [9.17, 15) is 9.59 Å². The fourth-order valence-corrected chi connectivity index (χ4v) is 4.18. The number of amides is 2. The van der Waals surface area contributed by atoms with Crippen molar-refractivity contribution in [2.24, 2.45) is 5.92 Å². The molecule has 0 aromatic heterocycles. The summed E-state index contributed by atoms with van der Waals surface area (Å²) in [6.07, 6.45) is 6.70. The number of ether oxygens (including phenoxy) is 1. The molecule has 0 spiro atoms. The van der Waals surface area contributed by atoms with Crippen LogP contribution in [-0.4, -0.2) is 66.2 Å². The van der Waals surface area contributed by atoms with Gasteiger partial charge in [0.1, 0.15) is 5.60 Å². The van der Waals surface area contributed by atoms with E-state index in [4.69, 9.17) is 4.74 Å². The summed E-state index contributed by atoms with van der Waals surface area (Å²) >= 11 is 0. The van der Waals surface area contributed by atoms with Crippen LogP contribution >= 0.6 is 0 Å². The SMILES string of the molecule is CN1CC=C(C(CCC2CN(C(=O)OC(C)(C)C)C(C)(C)C2)NC=O)CC1. The molecule has 2 heterocycles. The average Bonchev–Trinajstić information content (AvgIpc) is 2.85. The topological polar surface area (TPSA) is 61.9 Å². The summed E-state index contributed by atoms with van der Waals surface area (Å²) < 4.78 is 5.59. The first-order valence-electron chi connectivity index (χ1n) is 10.1. The summed E-state index contributed by atoms with van der Waals surface area (Å²) in [6.45, 7) is 12.6. The van der Waals surface area contributed by atoms with Crippen LogP contribution in [-0.2, 0) is 9.53 Å². The molecule has 1 N–H and O–H groups in total. The molecular weight excluding hydrogens is 342 g/mol. The molecule has 2 rings (SSSR count). The lowest BCUT2D eigenvalue weighted by molar-refractivity contribution is -0.110. The Labute approximate surface area is 164 Å². The number of nitrogens with one attached hydrogen (secondary N) is 1. The molecule has 27 heavy (non-hydrogen) atoms. The normalized spacial score (nSPS) is 24.3. The number of hydrogen-bond donors (Lipinski definition) is 1. The highest BCUT2D eigenvalue weighted by atomic mass is 16.6. The fraction of sp³-hybridized carbons (Fsp3) is 0.810. The fourth-order valence-electron chi connectivity index (χ4n) is 4.18. The van der Waals surface area contributed by atoms with Gasteiger partial charge in [-0.3, -0.25) is 4.79 Å². The highest BCUT2D eigenvalue weighted by molar-refractivity contribution is 5.69. The maximum atomic E-state index is 12.6. The van der Waals surface area contributed by atoms with E-state index in [-0.39, 0.29) is 17.7 Å². The Morgan fingerprint density at radius 1 is 1.44 bits per heavy atom. The van der Waals surface area contributed by atoms with Crippen LogP contribution in [0.15, 0.2) is 11.6 Å². The minimum atomic E-state index is -0.481. The maximum Gasteiger partial charge on any atom is 0.410 e. The van der Waals surface area contributed by atoms with E-state index >= 15 is 0 Å². The number of likely N-dealkylation sites (tertiary alicyclic amines) is 1. The van der Waals surface area contributed by atoms with E-state index in [2.05, 4.69) is 37.2 Å². The zero-order valence-electron chi connectivity index (χ0n) is 17.9. The Hall–Kier alpha value is -1.56. The van der Waals surface area contributed by atoms with Crippen LogP contribution in [0.2, 0.25) is 0 Å². The lowest BCUT2D eigenvalue weighted by atomic mass is 9.89. The van der Waals surface area contributed by atoms with E-state index < -0.39 is 5.60 Å². The van der Waals surface area contributed by atoms with E-state index in [0.717, 1.165) is 51.7 Å². The second-order valence-electron chi connectivity index (χ2n) is 9.68. The van der Waals surface area contributed by atoms with Crippen molar-refractivity contribution < 1.29 is 14.3 Å². The lowest BCUT2D eigenvalue weighted by Gasteiger charge is -2.33. The monoisotopic (exact) mass is 379 g/mol. The van der Waals surface area contributed by atoms with Gasteiger partial charge in [0, 0.05) is 31.2 Å². The summed E-state index contributed by atoms with van der Waals surface area (Å²) in [4.78, 5) is 27.8. The molecule has 0 bridgehead atoms. The molecule has 154 valence electrons. The van der Waals surface area contributed by atoms with Gasteiger partial charge in [-0.15, -0.1) is 0 Å². The van der Waals surface area contributed by atoms with Crippen molar-refractivity contribution >= 4 is 12.5 Å². The van der Waals surface area contributed by atoms with Gasteiger partial charge in [-0.2, -0.15) is 0 Å². The standard InChI is InChI=1S/C21H37N3O3/c1-20(2,3)27-19(26)24-14-16(13-21(24,4)5)7-8-18(22-15-25)17-9-11-23(6)12-10-17/h9,15-16,18H,7-8,10-14H2,1-6H3,(H,22,25). The van der Waals surface area contributed by atoms with E-state index in [1.54, 1.807) is 0 Å². The maximum absolute atomic E-state index is 12.6. The Balaban J connectivity index is 1.94. The molecule has 0 aliphatic carbocycles. The highest BCUT2D eigenvalue weighted by Crippen LogP contribution is 2.36. The third kappa shape index (κ3) is 6.23. The molecule has 2 amide bonds. The van der Waals surface area contributed by atoms with Crippen molar-refractivity contribution in [1.29, 1.82) is 0 Å². The van der Waals surface area contributed by atoms with Gasteiger partial charge in [0.25, 0.3) is 0 Å². The molecule has 0 saturated carbocycles. The van der Waals surface area contributed by atoms with Crippen molar-refractivity contribution in [3.05, 3.63) is 11.6 Å². The van der Waals surface area contributed by atoms with Crippen LogP contribution in [0.25, 0.3) is 0 Å². The summed E-state index contributed by atoms with van der Waals surface area (Å²) in [5.41, 5.74) is 0.652. The van der Waals surface area contributed by atoms with Crippen LogP contribution in [0.4, 0.5) is 4.79 Å². The van der Waals surface area contributed by atoms with Crippen LogP contribution in [0.3, 0.4) is 0 Å².